The van der Waals surface area contributed by atoms with Gasteiger partial charge in [0.25, 0.3) is 10.2 Å². The van der Waals surface area contributed by atoms with E-state index in [0.717, 1.165) is 11.3 Å². The number of para-hydroxylation sites is 1. The standard InChI is InChI=1S/C16H26N4O3S/c1-18(2)15-7-5-4-6-14(15)12-19(3)16(21)13-8-10-20(11-9-13)24(17,22)23/h4-7,13H,8-12H2,1-3H3,(H2,17,22,23). The molecular formula is C16H26N4O3S. The van der Waals surface area contributed by atoms with Crippen molar-refractivity contribution in [1.29, 1.82) is 0 Å². The quantitative estimate of drug-likeness (QED) is 0.840. The number of amides is 1. The van der Waals surface area contributed by atoms with Gasteiger partial charge in [-0.2, -0.15) is 12.7 Å². The zero-order valence-electron chi connectivity index (χ0n) is 14.5. The Labute approximate surface area is 144 Å². The maximum Gasteiger partial charge on any atom is 0.276 e. The maximum absolute atomic E-state index is 12.7. The number of piperidine rings is 1. The second kappa shape index (κ2) is 7.50. The van der Waals surface area contributed by atoms with Crippen molar-refractivity contribution in [3.05, 3.63) is 29.8 Å². The summed E-state index contributed by atoms with van der Waals surface area (Å²) in [4.78, 5) is 16.4. The van der Waals surface area contributed by atoms with Gasteiger partial charge in [0.15, 0.2) is 0 Å². The molecule has 1 saturated heterocycles. The minimum absolute atomic E-state index is 0.0534. The van der Waals surface area contributed by atoms with Crippen molar-refractivity contribution in [2.24, 2.45) is 11.1 Å². The summed E-state index contributed by atoms with van der Waals surface area (Å²) in [5, 5.41) is 5.14. The van der Waals surface area contributed by atoms with Crippen LogP contribution in [0.15, 0.2) is 24.3 Å². The summed E-state index contributed by atoms with van der Waals surface area (Å²) in [5.41, 5.74) is 2.17. The van der Waals surface area contributed by atoms with Crippen LogP contribution in [0.2, 0.25) is 0 Å². The Morgan fingerprint density at radius 3 is 2.33 bits per heavy atom. The number of anilines is 1. The van der Waals surface area contributed by atoms with E-state index in [9.17, 15) is 13.2 Å². The first-order valence-corrected chi connectivity index (χ1v) is 9.48. The fraction of sp³-hybridized carbons (Fsp3) is 0.562. The Hall–Kier alpha value is -1.64. The molecule has 1 heterocycles. The highest BCUT2D eigenvalue weighted by atomic mass is 32.2. The van der Waals surface area contributed by atoms with Crippen LogP contribution in [0.1, 0.15) is 18.4 Å². The van der Waals surface area contributed by atoms with E-state index in [4.69, 9.17) is 5.14 Å². The van der Waals surface area contributed by atoms with Gasteiger partial charge < -0.3 is 9.80 Å². The molecule has 24 heavy (non-hydrogen) atoms. The monoisotopic (exact) mass is 354 g/mol. The van der Waals surface area contributed by atoms with Crippen molar-refractivity contribution in [2.45, 2.75) is 19.4 Å². The predicted molar refractivity (Wildman–Crippen MR) is 94.6 cm³/mol. The first kappa shape index (κ1) is 18.7. The van der Waals surface area contributed by atoms with Gasteiger partial charge >= 0.3 is 0 Å². The van der Waals surface area contributed by atoms with Crippen molar-refractivity contribution in [3.8, 4) is 0 Å². The third-order valence-electron chi connectivity index (χ3n) is 4.42. The summed E-state index contributed by atoms with van der Waals surface area (Å²) < 4.78 is 23.9. The van der Waals surface area contributed by atoms with Gasteiger partial charge in [-0.25, -0.2) is 5.14 Å². The second-order valence-corrected chi connectivity index (χ2v) is 7.98. The Morgan fingerprint density at radius 2 is 1.79 bits per heavy atom. The van der Waals surface area contributed by atoms with E-state index in [-0.39, 0.29) is 11.8 Å². The topological polar surface area (TPSA) is 86.9 Å². The minimum Gasteiger partial charge on any atom is -0.377 e. The van der Waals surface area contributed by atoms with E-state index in [1.54, 1.807) is 11.9 Å². The molecule has 134 valence electrons. The molecular weight excluding hydrogens is 328 g/mol. The summed E-state index contributed by atoms with van der Waals surface area (Å²) >= 11 is 0. The van der Waals surface area contributed by atoms with Crippen LogP contribution in [0.25, 0.3) is 0 Å². The van der Waals surface area contributed by atoms with Crippen LogP contribution in [0, 0.1) is 5.92 Å². The number of nitrogens with zero attached hydrogens (tertiary/aromatic N) is 3. The van der Waals surface area contributed by atoms with Crippen molar-refractivity contribution in [2.75, 3.05) is 39.1 Å². The first-order chi connectivity index (χ1) is 11.2. The molecule has 2 rings (SSSR count). The number of nitrogens with two attached hydrogens (primary N) is 1. The number of rotatable bonds is 5. The van der Waals surface area contributed by atoms with E-state index in [2.05, 4.69) is 0 Å². The highest BCUT2D eigenvalue weighted by molar-refractivity contribution is 7.86. The molecule has 1 aliphatic heterocycles. The maximum atomic E-state index is 12.7. The molecule has 0 aromatic heterocycles. The zero-order valence-corrected chi connectivity index (χ0v) is 15.3. The molecule has 0 spiro atoms. The third-order valence-corrected chi connectivity index (χ3v) is 5.51. The second-order valence-electron chi connectivity index (χ2n) is 6.44. The number of hydrogen-bond acceptors (Lipinski definition) is 4. The average molecular weight is 354 g/mol. The first-order valence-electron chi connectivity index (χ1n) is 7.98. The minimum atomic E-state index is -3.66. The van der Waals surface area contributed by atoms with Crippen molar-refractivity contribution >= 4 is 21.8 Å². The van der Waals surface area contributed by atoms with Crippen LogP contribution in [-0.2, 0) is 21.5 Å². The fourth-order valence-electron chi connectivity index (χ4n) is 3.08. The molecule has 0 unspecified atom stereocenters. The molecule has 0 aliphatic carbocycles. The van der Waals surface area contributed by atoms with Crippen LogP contribution in [0.5, 0.6) is 0 Å². The lowest BCUT2D eigenvalue weighted by atomic mass is 9.96. The van der Waals surface area contributed by atoms with Gasteiger partial charge in [0, 0.05) is 52.4 Å². The molecule has 1 aromatic carbocycles. The Morgan fingerprint density at radius 1 is 1.21 bits per heavy atom. The van der Waals surface area contributed by atoms with Crippen LogP contribution in [-0.4, -0.2) is 57.8 Å². The van der Waals surface area contributed by atoms with E-state index >= 15 is 0 Å². The Bertz CT molecular complexity index is 682. The molecule has 0 saturated carbocycles. The van der Waals surface area contributed by atoms with Crippen molar-refractivity contribution in [1.82, 2.24) is 9.21 Å². The molecule has 7 nitrogen and oxygen atoms in total. The van der Waals surface area contributed by atoms with E-state index in [1.165, 1.54) is 4.31 Å². The largest absolute Gasteiger partial charge is 0.377 e. The molecule has 2 N–H and O–H groups in total. The number of benzene rings is 1. The zero-order chi connectivity index (χ0) is 17.9. The predicted octanol–water partition coefficient (Wildman–Crippen LogP) is 0.627. The van der Waals surface area contributed by atoms with Gasteiger partial charge in [0.05, 0.1) is 0 Å². The summed E-state index contributed by atoms with van der Waals surface area (Å²) in [7, 11) is 2.09. The highest BCUT2D eigenvalue weighted by Gasteiger charge is 2.30. The fourth-order valence-corrected chi connectivity index (χ4v) is 3.80. The normalized spacial score (nSPS) is 16.8. The summed E-state index contributed by atoms with van der Waals surface area (Å²) in [6, 6.07) is 7.98. The number of carbonyl (C=O) groups is 1. The van der Waals surface area contributed by atoms with Gasteiger partial charge in [-0.3, -0.25) is 4.79 Å². The number of carbonyl (C=O) groups excluding carboxylic acids is 1. The van der Waals surface area contributed by atoms with Gasteiger partial charge in [0.2, 0.25) is 5.91 Å². The molecule has 0 radical (unpaired) electrons. The molecule has 0 atom stereocenters. The summed E-state index contributed by atoms with van der Waals surface area (Å²) in [6.07, 6.45) is 1.02. The third kappa shape index (κ3) is 4.46. The molecule has 1 fully saturated rings. The molecule has 1 amide bonds. The van der Waals surface area contributed by atoms with E-state index in [1.807, 2.05) is 43.3 Å². The van der Waals surface area contributed by atoms with E-state index in [0.29, 0.717) is 32.5 Å². The number of hydrogen-bond donors (Lipinski definition) is 1. The lowest BCUT2D eigenvalue weighted by molar-refractivity contribution is -0.135. The molecule has 1 aliphatic rings. The van der Waals surface area contributed by atoms with Crippen LogP contribution < -0.4 is 10.0 Å². The van der Waals surface area contributed by atoms with Gasteiger partial charge in [-0.15, -0.1) is 0 Å². The van der Waals surface area contributed by atoms with Crippen LogP contribution in [0.4, 0.5) is 5.69 Å². The summed E-state index contributed by atoms with van der Waals surface area (Å²) in [6.45, 7) is 1.14. The van der Waals surface area contributed by atoms with Crippen molar-refractivity contribution < 1.29 is 13.2 Å². The lowest BCUT2D eigenvalue weighted by Gasteiger charge is -2.32. The molecule has 0 bridgehead atoms. The van der Waals surface area contributed by atoms with Crippen molar-refractivity contribution in [3.63, 3.8) is 0 Å². The van der Waals surface area contributed by atoms with Gasteiger partial charge in [-0.1, -0.05) is 18.2 Å². The summed E-state index contributed by atoms with van der Waals surface area (Å²) in [5.74, 6) is -0.0999. The Balaban J connectivity index is 1.99. The van der Waals surface area contributed by atoms with Crippen LogP contribution in [0.3, 0.4) is 0 Å². The van der Waals surface area contributed by atoms with Gasteiger partial charge in [-0.05, 0) is 24.5 Å². The molecule has 8 heteroatoms. The average Bonchev–Trinajstić information content (AvgIpc) is 2.53. The lowest BCUT2D eigenvalue weighted by Crippen LogP contribution is -2.45. The van der Waals surface area contributed by atoms with Crippen LogP contribution >= 0.6 is 0 Å². The highest BCUT2D eigenvalue weighted by Crippen LogP contribution is 2.23. The van der Waals surface area contributed by atoms with Gasteiger partial charge in [0.1, 0.15) is 0 Å². The molecule has 1 aromatic rings. The Kier molecular flexibility index (Phi) is 5.84. The SMILES string of the molecule is CN(Cc1ccccc1N(C)C)C(=O)C1CCN(S(N)(=O)=O)CC1. The van der Waals surface area contributed by atoms with E-state index < -0.39 is 10.2 Å². The smallest absolute Gasteiger partial charge is 0.276 e.